The highest BCUT2D eigenvalue weighted by molar-refractivity contribution is 5.89. The summed E-state index contributed by atoms with van der Waals surface area (Å²) in [6, 6.07) is 0. The minimum atomic E-state index is -0.900. The maximum atomic E-state index is 11.3. The number of ether oxygens (including phenoxy) is 1. The van der Waals surface area contributed by atoms with Gasteiger partial charge in [-0.15, -0.1) is 0 Å². The Hall–Kier alpha value is -1.09. The number of hydrogen-bond donors (Lipinski definition) is 1. The summed E-state index contributed by atoms with van der Waals surface area (Å²) in [5.74, 6) is -0.900. The van der Waals surface area contributed by atoms with Crippen LogP contribution >= 0.6 is 0 Å². The smallest absolute Gasteiger partial charge is 0.334 e. The molecule has 1 aliphatic carbocycles. The van der Waals surface area contributed by atoms with Crippen molar-refractivity contribution in [1.29, 1.82) is 0 Å². The molecule has 96 valence electrons. The summed E-state index contributed by atoms with van der Waals surface area (Å²) >= 11 is 0. The highest BCUT2D eigenvalue weighted by atomic mass is 16.5. The SMILES string of the molecule is CCOC1C(C(=O)O)=CC=CC1(C)C(C)(C)C. The van der Waals surface area contributed by atoms with Crippen molar-refractivity contribution in [3.8, 4) is 0 Å². The molecule has 17 heavy (non-hydrogen) atoms. The molecule has 2 unspecified atom stereocenters. The number of carbonyl (C=O) groups is 1. The van der Waals surface area contributed by atoms with Crippen molar-refractivity contribution in [2.24, 2.45) is 10.8 Å². The van der Waals surface area contributed by atoms with Gasteiger partial charge in [0.2, 0.25) is 0 Å². The highest BCUT2D eigenvalue weighted by Gasteiger charge is 2.47. The van der Waals surface area contributed by atoms with Crippen LogP contribution in [0.4, 0.5) is 0 Å². The van der Waals surface area contributed by atoms with Gasteiger partial charge in [-0.25, -0.2) is 4.79 Å². The molecule has 0 aliphatic heterocycles. The Morgan fingerprint density at radius 2 is 2.12 bits per heavy atom. The van der Waals surface area contributed by atoms with Crippen molar-refractivity contribution in [2.45, 2.75) is 40.7 Å². The maximum Gasteiger partial charge on any atom is 0.334 e. The summed E-state index contributed by atoms with van der Waals surface area (Å²) in [6.45, 7) is 10.8. The van der Waals surface area contributed by atoms with E-state index < -0.39 is 12.1 Å². The fourth-order valence-corrected chi connectivity index (χ4v) is 2.11. The first kappa shape index (κ1) is 14.0. The third-order valence-electron chi connectivity index (χ3n) is 3.74. The first-order valence-electron chi connectivity index (χ1n) is 5.98. The van der Waals surface area contributed by atoms with Gasteiger partial charge in [-0.2, -0.15) is 0 Å². The largest absolute Gasteiger partial charge is 0.478 e. The molecule has 0 amide bonds. The van der Waals surface area contributed by atoms with Crippen LogP contribution in [0, 0.1) is 10.8 Å². The summed E-state index contributed by atoms with van der Waals surface area (Å²) in [4.78, 5) is 11.3. The van der Waals surface area contributed by atoms with Gasteiger partial charge in [-0.05, 0) is 18.4 Å². The maximum absolute atomic E-state index is 11.3. The van der Waals surface area contributed by atoms with Gasteiger partial charge in [-0.1, -0.05) is 39.8 Å². The third-order valence-corrected chi connectivity index (χ3v) is 3.74. The number of rotatable bonds is 3. The monoisotopic (exact) mass is 238 g/mol. The fourth-order valence-electron chi connectivity index (χ4n) is 2.11. The molecule has 0 saturated heterocycles. The van der Waals surface area contributed by atoms with Crippen molar-refractivity contribution in [3.05, 3.63) is 23.8 Å². The summed E-state index contributed by atoms with van der Waals surface area (Å²) < 4.78 is 5.70. The quantitative estimate of drug-likeness (QED) is 0.822. The minimum Gasteiger partial charge on any atom is -0.478 e. The summed E-state index contributed by atoms with van der Waals surface area (Å²) in [7, 11) is 0. The first-order chi connectivity index (χ1) is 7.74. The number of hydrogen-bond acceptors (Lipinski definition) is 2. The molecule has 0 bridgehead atoms. The van der Waals surface area contributed by atoms with Crippen LogP contribution in [0.25, 0.3) is 0 Å². The van der Waals surface area contributed by atoms with E-state index in [1.54, 1.807) is 6.08 Å². The molecule has 0 fully saturated rings. The molecule has 0 heterocycles. The lowest BCUT2D eigenvalue weighted by Gasteiger charge is -2.46. The lowest BCUT2D eigenvalue weighted by atomic mass is 9.61. The summed E-state index contributed by atoms with van der Waals surface area (Å²) in [5, 5.41) is 9.25. The van der Waals surface area contributed by atoms with Crippen LogP contribution in [-0.4, -0.2) is 23.8 Å². The zero-order valence-corrected chi connectivity index (χ0v) is 11.3. The minimum absolute atomic E-state index is 0.0711. The second-order valence-electron chi connectivity index (χ2n) is 5.65. The molecule has 0 aromatic rings. The topological polar surface area (TPSA) is 46.5 Å². The van der Waals surface area contributed by atoms with Gasteiger partial charge in [0.15, 0.2) is 0 Å². The summed E-state index contributed by atoms with van der Waals surface area (Å²) in [6.07, 6.45) is 5.12. The molecule has 1 rings (SSSR count). The van der Waals surface area contributed by atoms with E-state index in [2.05, 4.69) is 33.8 Å². The Bertz CT molecular complexity index is 360. The Labute approximate surface area is 103 Å². The van der Waals surface area contributed by atoms with Crippen LogP contribution in [0.1, 0.15) is 34.6 Å². The summed E-state index contributed by atoms with van der Waals surface area (Å²) in [5.41, 5.74) is -0.0455. The van der Waals surface area contributed by atoms with Crippen molar-refractivity contribution in [3.63, 3.8) is 0 Å². The molecule has 2 atom stereocenters. The fraction of sp³-hybridized carbons (Fsp3) is 0.643. The predicted octanol–water partition coefficient (Wildman–Crippen LogP) is 3.02. The molecule has 0 aromatic carbocycles. The van der Waals surface area contributed by atoms with Crippen LogP contribution in [0.15, 0.2) is 23.8 Å². The van der Waals surface area contributed by atoms with Gasteiger partial charge >= 0.3 is 5.97 Å². The van der Waals surface area contributed by atoms with E-state index in [0.29, 0.717) is 12.2 Å². The number of aliphatic carboxylic acids is 1. The van der Waals surface area contributed by atoms with E-state index in [1.165, 1.54) is 0 Å². The van der Waals surface area contributed by atoms with Crippen LogP contribution < -0.4 is 0 Å². The molecular formula is C14H22O3. The zero-order valence-electron chi connectivity index (χ0n) is 11.3. The first-order valence-corrected chi connectivity index (χ1v) is 5.98. The highest BCUT2D eigenvalue weighted by Crippen LogP contribution is 2.47. The van der Waals surface area contributed by atoms with Crippen molar-refractivity contribution < 1.29 is 14.6 Å². The van der Waals surface area contributed by atoms with Crippen molar-refractivity contribution >= 4 is 5.97 Å². The number of allylic oxidation sites excluding steroid dienone is 2. The van der Waals surface area contributed by atoms with Gasteiger partial charge in [0.25, 0.3) is 0 Å². The Morgan fingerprint density at radius 3 is 2.53 bits per heavy atom. The molecule has 3 nitrogen and oxygen atoms in total. The normalized spacial score (nSPS) is 29.0. The van der Waals surface area contributed by atoms with Crippen LogP contribution in [0.3, 0.4) is 0 Å². The zero-order chi connectivity index (χ0) is 13.3. The van der Waals surface area contributed by atoms with E-state index in [9.17, 15) is 9.90 Å². The van der Waals surface area contributed by atoms with Gasteiger partial charge in [0.1, 0.15) is 0 Å². The number of carboxylic acid groups (broad SMARTS) is 1. The Balaban J connectivity index is 3.21. The van der Waals surface area contributed by atoms with Gasteiger partial charge in [0.05, 0.1) is 11.7 Å². The molecular weight excluding hydrogens is 216 g/mol. The van der Waals surface area contributed by atoms with Crippen LogP contribution in [0.2, 0.25) is 0 Å². The molecule has 1 N–H and O–H groups in total. The average Bonchev–Trinajstić information content (AvgIpc) is 2.19. The molecule has 1 aliphatic rings. The van der Waals surface area contributed by atoms with Crippen LogP contribution in [0.5, 0.6) is 0 Å². The standard InChI is InChI=1S/C14H22O3/c1-6-17-11-10(12(15)16)8-7-9-14(11,5)13(2,3)4/h7-9,11H,6H2,1-5H3,(H,15,16). The molecule has 0 aromatic heterocycles. The van der Waals surface area contributed by atoms with E-state index >= 15 is 0 Å². The Kier molecular flexibility index (Phi) is 3.82. The second-order valence-corrected chi connectivity index (χ2v) is 5.65. The molecule has 3 heteroatoms. The van der Waals surface area contributed by atoms with E-state index in [4.69, 9.17) is 4.74 Å². The van der Waals surface area contributed by atoms with E-state index in [0.717, 1.165) is 0 Å². The third kappa shape index (κ3) is 2.44. The van der Waals surface area contributed by atoms with Gasteiger partial charge < -0.3 is 9.84 Å². The number of carboxylic acids is 1. The molecule has 0 radical (unpaired) electrons. The van der Waals surface area contributed by atoms with Crippen molar-refractivity contribution in [2.75, 3.05) is 6.61 Å². The van der Waals surface area contributed by atoms with Gasteiger partial charge in [0, 0.05) is 12.0 Å². The van der Waals surface area contributed by atoms with Gasteiger partial charge in [-0.3, -0.25) is 0 Å². The predicted molar refractivity (Wildman–Crippen MR) is 67.8 cm³/mol. The lowest BCUT2D eigenvalue weighted by molar-refractivity contribution is -0.136. The van der Waals surface area contributed by atoms with Crippen molar-refractivity contribution in [1.82, 2.24) is 0 Å². The second kappa shape index (κ2) is 4.65. The van der Waals surface area contributed by atoms with E-state index in [1.807, 2.05) is 13.0 Å². The Morgan fingerprint density at radius 1 is 1.53 bits per heavy atom. The van der Waals surface area contributed by atoms with Crippen LogP contribution in [-0.2, 0) is 9.53 Å². The lowest BCUT2D eigenvalue weighted by Crippen LogP contribution is -2.46. The average molecular weight is 238 g/mol. The molecule has 0 saturated carbocycles. The van der Waals surface area contributed by atoms with E-state index in [-0.39, 0.29) is 10.8 Å². The molecule has 0 spiro atoms.